The number of nitrogens with zero attached hydrogens (tertiary/aromatic N) is 3. The molecule has 0 unspecified atom stereocenters. The molecule has 2 fully saturated rings. The standard InChI is InChI=1S/C30H32N4O2S2/c31-16-27(36)34-12-10-22(11-13-34)29-33-18-26(37-29)30-32-17-25(28(38-30)21-4-2-1-3-5-21)20-8-6-19(7-9-20)23-14-24(35)15-23/h1-9,18,22-24,35H,10-17,31H2. The molecule has 1 aromatic heterocycles. The van der Waals surface area contributed by atoms with Gasteiger partial charge in [-0.1, -0.05) is 66.4 Å². The second-order valence-electron chi connectivity index (χ2n) is 10.3. The quantitative estimate of drug-likeness (QED) is 0.450. The van der Waals surface area contributed by atoms with E-state index < -0.39 is 0 Å². The number of aliphatic hydroxyl groups is 1. The predicted molar refractivity (Wildman–Crippen MR) is 156 cm³/mol. The number of carbonyl (C=O) groups excluding carboxylic acids is 1. The molecule has 38 heavy (non-hydrogen) atoms. The number of piperidine rings is 1. The molecule has 3 heterocycles. The Morgan fingerprint density at radius 3 is 2.42 bits per heavy atom. The van der Waals surface area contributed by atoms with Crippen molar-refractivity contribution < 1.29 is 9.90 Å². The first-order valence-corrected chi connectivity index (χ1v) is 15.0. The number of rotatable bonds is 6. The zero-order valence-corrected chi connectivity index (χ0v) is 22.9. The molecule has 3 aliphatic rings. The fourth-order valence-electron chi connectivity index (χ4n) is 5.48. The molecule has 6 nitrogen and oxygen atoms in total. The maximum absolute atomic E-state index is 11.9. The zero-order chi connectivity index (χ0) is 26.1. The predicted octanol–water partition coefficient (Wildman–Crippen LogP) is 5.11. The molecule has 1 saturated carbocycles. The lowest BCUT2D eigenvalue weighted by atomic mass is 9.77. The van der Waals surface area contributed by atoms with Crippen LogP contribution in [0.3, 0.4) is 0 Å². The average molecular weight is 545 g/mol. The van der Waals surface area contributed by atoms with Crippen LogP contribution in [-0.2, 0) is 4.79 Å². The van der Waals surface area contributed by atoms with E-state index in [0.717, 1.165) is 53.7 Å². The lowest BCUT2D eigenvalue weighted by Gasteiger charge is -2.31. The van der Waals surface area contributed by atoms with E-state index >= 15 is 0 Å². The van der Waals surface area contributed by atoms with Crippen molar-refractivity contribution in [2.75, 3.05) is 26.2 Å². The molecule has 196 valence electrons. The Morgan fingerprint density at radius 2 is 1.74 bits per heavy atom. The first-order chi connectivity index (χ1) is 18.6. The molecule has 0 atom stereocenters. The molecule has 3 aromatic rings. The zero-order valence-electron chi connectivity index (χ0n) is 21.3. The van der Waals surface area contributed by atoms with Gasteiger partial charge >= 0.3 is 0 Å². The van der Waals surface area contributed by atoms with E-state index in [1.807, 2.05) is 11.1 Å². The molecule has 2 aromatic carbocycles. The molecular formula is C30H32N4O2S2. The van der Waals surface area contributed by atoms with Gasteiger partial charge in [0.05, 0.1) is 29.1 Å². The van der Waals surface area contributed by atoms with Gasteiger partial charge in [0.25, 0.3) is 0 Å². The highest BCUT2D eigenvalue weighted by atomic mass is 32.2. The number of carbonyl (C=O) groups is 1. The number of hydrogen-bond acceptors (Lipinski definition) is 7. The highest BCUT2D eigenvalue weighted by Gasteiger charge is 2.29. The van der Waals surface area contributed by atoms with Gasteiger partial charge in [0, 0.05) is 30.1 Å². The van der Waals surface area contributed by atoms with Gasteiger partial charge in [0.2, 0.25) is 5.91 Å². The van der Waals surface area contributed by atoms with Crippen LogP contribution in [0.2, 0.25) is 0 Å². The van der Waals surface area contributed by atoms with Gasteiger partial charge in [0.1, 0.15) is 5.04 Å². The average Bonchev–Trinajstić information content (AvgIpc) is 3.46. The maximum Gasteiger partial charge on any atom is 0.236 e. The number of thiazole rings is 1. The Balaban J connectivity index is 1.21. The number of benzene rings is 2. The summed E-state index contributed by atoms with van der Waals surface area (Å²) in [7, 11) is 0. The Labute approximate surface area is 231 Å². The SMILES string of the molecule is NCC(=O)N1CCC(c2ncc(C3=NCC(c4ccc(C5CC(O)C5)cc4)=C(c4ccccc4)S3)s2)CC1. The summed E-state index contributed by atoms with van der Waals surface area (Å²) >= 11 is 3.47. The third kappa shape index (κ3) is 5.23. The van der Waals surface area contributed by atoms with Crippen molar-refractivity contribution in [2.24, 2.45) is 10.7 Å². The Hall–Kier alpha value is -2.78. The molecule has 3 N–H and O–H groups in total. The van der Waals surface area contributed by atoms with Crippen molar-refractivity contribution in [3.05, 3.63) is 87.4 Å². The summed E-state index contributed by atoms with van der Waals surface area (Å²) in [5, 5.41) is 11.8. The summed E-state index contributed by atoms with van der Waals surface area (Å²) < 4.78 is 0. The largest absolute Gasteiger partial charge is 0.393 e. The lowest BCUT2D eigenvalue weighted by Crippen LogP contribution is -2.41. The van der Waals surface area contributed by atoms with E-state index in [1.54, 1.807) is 23.1 Å². The fraction of sp³-hybridized carbons (Fsp3) is 0.367. The van der Waals surface area contributed by atoms with E-state index in [-0.39, 0.29) is 18.6 Å². The van der Waals surface area contributed by atoms with Gasteiger partial charge in [-0.15, -0.1) is 11.3 Å². The number of hydrogen-bond donors (Lipinski definition) is 2. The topological polar surface area (TPSA) is 91.8 Å². The van der Waals surface area contributed by atoms with Crippen molar-refractivity contribution in [3.8, 4) is 0 Å². The van der Waals surface area contributed by atoms with Crippen molar-refractivity contribution in [1.29, 1.82) is 0 Å². The van der Waals surface area contributed by atoms with Gasteiger partial charge in [-0.05, 0) is 53.9 Å². The molecule has 1 aliphatic carbocycles. The summed E-state index contributed by atoms with van der Waals surface area (Å²) in [4.78, 5) is 26.0. The number of nitrogens with two attached hydrogens (primary N) is 1. The normalized spacial score (nSPS) is 22.3. The van der Waals surface area contributed by atoms with Crippen LogP contribution >= 0.6 is 23.1 Å². The summed E-state index contributed by atoms with van der Waals surface area (Å²) in [6.45, 7) is 2.20. The van der Waals surface area contributed by atoms with Crippen molar-refractivity contribution in [2.45, 2.75) is 43.6 Å². The third-order valence-corrected chi connectivity index (χ3v) is 10.4. The smallest absolute Gasteiger partial charge is 0.236 e. The minimum absolute atomic E-state index is 0.0312. The molecule has 0 bridgehead atoms. The van der Waals surface area contributed by atoms with Crippen molar-refractivity contribution >= 4 is 44.5 Å². The van der Waals surface area contributed by atoms with Crippen LogP contribution in [-0.4, -0.2) is 58.2 Å². The number of aliphatic hydroxyl groups excluding tert-OH is 1. The van der Waals surface area contributed by atoms with Gasteiger partial charge in [-0.2, -0.15) is 0 Å². The van der Waals surface area contributed by atoms with Crippen LogP contribution in [0.4, 0.5) is 0 Å². The van der Waals surface area contributed by atoms with E-state index in [2.05, 4.69) is 54.6 Å². The molecule has 0 spiro atoms. The molecule has 1 saturated heterocycles. The van der Waals surface area contributed by atoms with E-state index in [0.29, 0.717) is 18.4 Å². The number of amides is 1. The van der Waals surface area contributed by atoms with Crippen LogP contribution in [0.25, 0.3) is 10.5 Å². The van der Waals surface area contributed by atoms with Gasteiger partial charge < -0.3 is 15.7 Å². The van der Waals surface area contributed by atoms with Crippen molar-refractivity contribution in [3.63, 3.8) is 0 Å². The minimum Gasteiger partial charge on any atom is -0.393 e. The monoisotopic (exact) mass is 544 g/mol. The van der Waals surface area contributed by atoms with E-state index in [9.17, 15) is 9.90 Å². The molecule has 1 amide bonds. The van der Waals surface area contributed by atoms with E-state index in [1.165, 1.54) is 27.2 Å². The number of likely N-dealkylation sites (tertiary alicyclic amines) is 1. The Morgan fingerprint density at radius 1 is 1.00 bits per heavy atom. The van der Waals surface area contributed by atoms with Crippen LogP contribution in [0.5, 0.6) is 0 Å². The summed E-state index contributed by atoms with van der Waals surface area (Å²) in [6, 6.07) is 19.4. The molecular weight excluding hydrogens is 512 g/mol. The highest BCUT2D eigenvalue weighted by Crippen LogP contribution is 2.43. The first-order valence-electron chi connectivity index (χ1n) is 13.3. The summed E-state index contributed by atoms with van der Waals surface area (Å²) in [6.07, 6.45) is 5.40. The second kappa shape index (κ2) is 11.1. The minimum atomic E-state index is -0.144. The molecule has 2 aliphatic heterocycles. The number of aromatic nitrogens is 1. The Bertz CT molecular complexity index is 1350. The number of thioether (sulfide) groups is 1. The third-order valence-electron chi connectivity index (χ3n) is 7.84. The summed E-state index contributed by atoms with van der Waals surface area (Å²) in [5.74, 6) is 0.879. The van der Waals surface area contributed by atoms with Crippen LogP contribution in [0.1, 0.15) is 64.1 Å². The van der Waals surface area contributed by atoms with Gasteiger partial charge in [-0.3, -0.25) is 9.79 Å². The van der Waals surface area contributed by atoms with Gasteiger partial charge in [0.15, 0.2) is 0 Å². The number of aliphatic imine (C=N–C) groups is 1. The lowest BCUT2D eigenvalue weighted by molar-refractivity contribution is -0.130. The van der Waals surface area contributed by atoms with Crippen LogP contribution in [0, 0.1) is 0 Å². The highest BCUT2D eigenvalue weighted by molar-refractivity contribution is 8.22. The maximum atomic E-state index is 11.9. The van der Waals surface area contributed by atoms with E-state index in [4.69, 9.17) is 15.7 Å². The van der Waals surface area contributed by atoms with Crippen LogP contribution in [0.15, 0.2) is 65.8 Å². The van der Waals surface area contributed by atoms with Gasteiger partial charge in [-0.25, -0.2) is 4.98 Å². The van der Waals surface area contributed by atoms with Crippen LogP contribution < -0.4 is 5.73 Å². The first kappa shape index (κ1) is 25.5. The second-order valence-corrected chi connectivity index (χ2v) is 12.3. The molecule has 8 heteroatoms. The van der Waals surface area contributed by atoms with Crippen molar-refractivity contribution in [1.82, 2.24) is 9.88 Å². The summed E-state index contributed by atoms with van der Waals surface area (Å²) in [5.41, 5.74) is 10.5. The fourth-order valence-corrected chi connectivity index (χ4v) is 7.76. The molecule has 0 radical (unpaired) electrons. The Kier molecular flexibility index (Phi) is 7.48. The molecule has 6 rings (SSSR count).